The van der Waals surface area contributed by atoms with Gasteiger partial charge in [-0.05, 0) is 23.3 Å². The number of guanidine groups is 1. The largest absolute Gasteiger partial charge is 0.373 e. The Bertz CT molecular complexity index is 1060. The van der Waals surface area contributed by atoms with Gasteiger partial charge in [-0.1, -0.05) is 48.5 Å². The van der Waals surface area contributed by atoms with Gasteiger partial charge in [0.25, 0.3) is 0 Å². The van der Waals surface area contributed by atoms with Gasteiger partial charge < -0.3 is 15.0 Å². The van der Waals surface area contributed by atoms with Gasteiger partial charge in [0.15, 0.2) is 5.96 Å². The molecule has 2 atom stereocenters. The number of hydrogen-bond acceptors (Lipinski definition) is 4. The molecule has 0 saturated carbocycles. The van der Waals surface area contributed by atoms with Crippen LogP contribution in [-0.2, 0) is 17.8 Å². The monoisotopic (exact) mass is 543 g/mol. The van der Waals surface area contributed by atoms with Crippen molar-refractivity contribution in [2.45, 2.75) is 25.2 Å². The highest BCUT2D eigenvalue weighted by atomic mass is 127. The second kappa shape index (κ2) is 10.6. The van der Waals surface area contributed by atoms with Crippen molar-refractivity contribution in [3.05, 3.63) is 78.0 Å². The van der Waals surface area contributed by atoms with E-state index in [-0.39, 0.29) is 30.1 Å². The van der Waals surface area contributed by atoms with Crippen molar-refractivity contribution in [1.82, 2.24) is 20.1 Å². The highest BCUT2D eigenvalue weighted by Crippen LogP contribution is 2.25. The van der Waals surface area contributed by atoms with Crippen LogP contribution in [0.4, 0.5) is 0 Å². The summed E-state index contributed by atoms with van der Waals surface area (Å²) in [5.41, 5.74) is 3.60. The average Bonchev–Trinajstić information content (AvgIpc) is 3.25. The van der Waals surface area contributed by atoms with Crippen LogP contribution in [0.15, 0.2) is 71.9 Å². The topological polar surface area (TPSA) is 53.0 Å². The van der Waals surface area contributed by atoms with Crippen molar-refractivity contribution >= 4 is 40.8 Å². The molecule has 3 aromatic rings. The van der Waals surface area contributed by atoms with Crippen LogP contribution >= 0.6 is 24.0 Å². The summed E-state index contributed by atoms with van der Waals surface area (Å²) >= 11 is 0. The lowest BCUT2D eigenvalue weighted by Crippen LogP contribution is -2.50. The molecule has 32 heavy (non-hydrogen) atoms. The van der Waals surface area contributed by atoms with E-state index in [1.54, 1.807) is 0 Å². The molecule has 2 fully saturated rings. The molecule has 0 radical (unpaired) electrons. The molecule has 2 aromatic carbocycles. The van der Waals surface area contributed by atoms with E-state index in [4.69, 9.17) is 4.74 Å². The molecule has 7 heteroatoms. The molecule has 2 aliphatic heterocycles. The van der Waals surface area contributed by atoms with E-state index in [9.17, 15) is 0 Å². The number of nitrogens with one attached hydrogen (secondary N) is 1. The number of halogens is 1. The number of pyridine rings is 1. The zero-order valence-electron chi connectivity index (χ0n) is 18.4. The minimum atomic E-state index is 0. The molecule has 0 bridgehead atoms. The van der Waals surface area contributed by atoms with E-state index in [1.165, 1.54) is 16.5 Å². The van der Waals surface area contributed by atoms with Gasteiger partial charge in [-0.2, -0.15) is 0 Å². The molecular weight excluding hydrogens is 513 g/mol. The number of aliphatic imine (C=N–C) groups is 1. The first kappa shape index (κ1) is 22.9. The Hall–Kier alpha value is -2.23. The first-order valence-corrected chi connectivity index (χ1v) is 11.0. The molecule has 0 spiro atoms. The summed E-state index contributed by atoms with van der Waals surface area (Å²) in [5, 5.41) is 4.75. The summed E-state index contributed by atoms with van der Waals surface area (Å²) < 4.78 is 6.14. The highest BCUT2D eigenvalue weighted by Gasteiger charge is 2.41. The third kappa shape index (κ3) is 4.89. The van der Waals surface area contributed by atoms with Crippen LogP contribution < -0.4 is 5.32 Å². The number of ether oxygens (including phenoxy) is 1. The molecule has 3 heterocycles. The maximum absolute atomic E-state index is 6.14. The van der Waals surface area contributed by atoms with Gasteiger partial charge in [0, 0.05) is 51.4 Å². The second-order valence-electron chi connectivity index (χ2n) is 8.23. The molecule has 2 unspecified atom stereocenters. The first-order chi connectivity index (χ1) is 15.3. The molecule has 1 N–H and O–H groups in total. The average molecular weight is 543 g/mol. The van der Waals surface area contributed by atoms with Crippen molar-refractivity contribution in [1.29, 1.82) is 0 Å². The summed E-state index contributed by atoms with van der Waals surface area (Å²) in [6.45, 7) is 5.24. The van der Waals surface area contributed by atoms with Crippen molar-refractivity contribution in [2.24, 2.45) is 4.99 Å². The van der Waals surface area contributed by atoms with Crippen molar-refractivity contribution in [3.63, 3.8) is 0 Å². The molecular formula is C25H30IN5O. The van der Waals surface area contributed by atoms with Gasteiger partial charge >= 0.3 is 0 Å². The van der Waals surface area contributed by atoms with Gasteiger partial charge in [-0.3, -0.25) is 14.9 Å². The van der Waals surface area contributed by atoms with E-state index in [0.29, 0.717) is 6.04 Å². The molecule has 2 aliphatic rings. The second-order valence-corrected chi connectivity index (χ2v) is 8.23. The Labute approximate surface area is 206 Å². The Morgan fingerprint density at radius 1 is 1.09 bits per heavy atom. The maximum Gasteiger partial charge on any atom is 0.194 e. The minimum Gasteiger partial charge on any atom is -0.373 e. The van der Waals surface area contributed by atoms with Crippen LogP contribution in [0.1, 0.15) is 11.1 Å². The molecule has 6 nitrogen and oxygen atoms in total. The maximum atomic E-state index is 6.14. The van der Waals surface area contributed by atoms with Crippen LogP contribution in [-0.4, -0.2) is 66.2 Å². The number of para-hydroxylation sites is 1. The number of benzene rings is 2. The highest BCUT2D eigenvalue weighted by molar-refractivity contribution is 14.0. The third-order valence-corrected chi connectivity index (χ3v) is 6.33. The summed E-state index contributed by atoms with van der Waals surface area (Å²) in [6, 6.07) is 21.4. The minimum absolute atomic E-state index is 0. The smallest absolute Gasteiger partial charge is 0.194 e. The number of nitrogens with zero attached hydrogens (tertiary/aromatic N) is 4. The van der Waals surface area contributed by atoms with Crippen LogP contribution in [0, 0.1) is 0 Å². The van der Waals surface area contributed by atoms with Gasteiger partial charge in [-0.25, -0.2) is 0 Å². The van der Waals surface area contributed by atoms with E-state index >= 15 is 0 Å². The normalized spacial score (nSPS) is 21.3. The van der Waals surface area contributed by atoms with Crippen LogP contribution in [0.5, 0.6) is 0 Å². The zero-order chi connectivity index (χ0) is 21.0. The van der Waals surface area contributed by atoms with Gasteiger partial charge in [-0.15, -0.1) is 24.0 Å². The Morgan fingerprint density at radius 2 is 1.91 bits per heavy atom. The van der Waals surface area contributed by atoms with Crippen molar-refractivity contribution < 1.29 is 4.74 Å². The first-order valence-electron chi connectivity index (χ1n) is 11.0. The number of fused-ring (bicyclic) bond motifs is 2. The predicted molar refractivity (Wildman–Crippen MR) is 139 cm³/mol. The summed E-state index contributed by atoms with van der Waals surface area (Å²) in [4.78, 5) is 13.9. The molecule has 1 aromatic heterocycles. The van der Waals surface area contributed by atoms with E-state index in [1.807, 2.05) is 19.3 Å². The summed E-state index contributed by atoms with van der Waals surface area (Å²) in [6.07, 6.45) is 2.10. The number of aromatic nitrogens is 1. The SMILES string of the molecule is CN=C(NCc1ccnc2ccccc12)N1CC2OCCN(Cc3ccccc3)C2C1.I. The molecule has 0 aliphatic carbocycles. The fraction of sp³-hybridized carbons (Fsp3) is 0.360. The molecule has 0 amide bonds. The number of likely N-dealkylation sites (tertiary alicyclic amines) is 1. The Balaban J connectivity index is 0.00000245. The fourth-order valence-electron chi connectivity index (χ4n) is 4.76. The summed E-state index contributed by atoms with van der Waals surface area (Å²) in [7, 11) is 1.86. The third-order valence-electron chi connectivity index (χ3n) is 6.33. The van der Waals surface area contributed by atoms with Gasteiger partial charge in [0.2, 0.25) is 0 Å². The van der Waals surface area contributed by atoms with E-state index in [2.05, 4.69) is 79.7 Å². The lowest BCUT2D eigenvalue weighted by Gasteiger charge is -2.36. The quantitative estimate of drug-likeness (QED) is 0.310. The fourth-order valence-corrected chi connectivity index (χ4v) is 4.76. The van der Waals surface area contributed by atoms with Crippen LogP contribution in [0.25, 0.3) is 10.9 Å². The molecule has 5 rings (SSSR count). The molecule has 168 valence electrons. The standard InChI is InChI=1S/C25H29N5O.HI/c1-26-25(28-15-20-11-12-27-22-10-6-5-9-21(20)22)30-17-23-24(18-30)31-14-13-29(23)16-19-7-3-2-4-8-19;/h2-12,23-24H,13-18H2,1H3,(H,26,28);1H. The predicted octanol–water partition coefficient (Wildman–Crippen LogP) is 3.51. The van der Waals surface area contributed by atoms with E-state index in [0.717, 1.165) is 50.8 Å². The van der Waals surface area contributed by atoms with Crippen molar-refractivity contribution in [2.75, 3.05) is 33.3 Å². The molecule has 2 saturated heterocycles. The number of rotatable bonds is 4. The van der Waals surface area contributed by atoms with Crippen LogP contribution in [0.3, 0.4) is 0 Å². The number of morpholine rings is 1. The zero-order valence-corrected chi connectivity index (χ0v) is 20.7. The Kier molecular flexibility index (Phi) is 7.59. The van der Waals surface area contributed by atoms with E-state index < -0.39 is 0 Å². The lowest BCUT2D eigenvalue weighted by atomic mass is 10.1. The van der Waals surface area contributed by atoms with Gasteiger partial charge in [0.05, 0.1) is 24.3 Å². The Morgan fingerprint density at radius 3 is 2.75 bits per heavy atom. The number of hydrogen-bond donors (Lipinski definition) is 1. The lowest BCUT2D eigenvalue weighted by molar-refractivity contribution is -0.0502. The summed E-state index contributed by atoms with van der Waals surface area (Å²) in [5.74, 6) is 0.929. The van der Waals surface area contributed by atoms with Crippen LogP contribution in [0.2, 0.25) is 0 Å². The van der Waals surface area contributed by atoms with Crippen molar-refractivity contribution in [3.8, 4) is 0 Å². The van der Waals surface area contributed by atoms with Gasteiger partial charge in [0.1, 0.15) is 0 Å².